The molecule has 0 aliphatic rings. The molecule has 3 rings (SSSR count). The number of benzene rings is 3. The third-order valence-electron chi connectivity index (χ3n) is 3.10. The molecule has 86 valence electrons. The number of rotatable bonds is 2. The number of ketones is 1. The maximum atomic E-state index is 11.4. The van der Waals surface area contributed by atoms with Crippen LogP contribution >= 0.6 is 0 Å². The molecule has 0 aromatic heterocycles. The van der Waals surface area contributed by atoms with E-state index < -0.39 is 5.78 Å². The minimum atomic E-state index is -0.481. The zero-order valence-electron chi connectivity index (χ0n) is 9.59. The van der Waals surface area contributed by atoms with Crippen LogP contribution in [-0.2, 0) is 4.79 Å². The molecule has 18 heavy (non-hydrogen) atoms. The second-order valence-electron chi connectivity index (χ2n) is 4.24. The third-order valence-corrected chi connectivity index (χ3v) is 3.10. The summed E-state index contributed by atoms with van der Waals surface area (Å²) in [7, 11) is 0. The standard InChI is InChI=1S/C16H10O2/c17-10-16(18)14-6-5-13-7-11-3-1-2-4-12(11)8-15(13)9-14/h1-10H. The Morgan fingerprint density at radius 2 is 1.39 bits per heavy atom. The highest BCUT2D eigenvalue weighted by atomic mass is 16.2. The van der Waals surface area contributed by atoms with Crippen molar-refractivity contribution in [3.63, 3.8) is 0 Å². The normalized spacial score (nSPS) is 10.7. The Balaban J connectivity index is 2.30. The number of Topliss-reactive ketones (excluding diaryl/α,β-unsaturated/α-hetero) is 1. The molecule has 0 bridgehead atoms. The monoisotopic (exact) mass is 234 g/mol. The van der Waals surface area contributed by atoms with E-state index in [9.17, 15) is 9.59 Å². The maximum absolute atomic E-state index is 11.4. The summed E-state index contributed by atoms with van der Waals surface area (Å²) < 4.78 is 0. The Kier molecular flexibility index (Phi) is 2.41. The maximum Gasteiger partial charge on any atom is 0.225 e. The molecule has 0 saturated heterocycles. The van der Waals surface area contributed by atoms with Crippen LogP contribution in [0.1, 0.15) is 10.4 Å². The molecule has 0 aliphatic heterocycles. The van der Waals surface area contributed by atoms with Crippen molar-refractivity contribution in [2.24, 2.45) is 0 Å². The Morgan fingerprint density at radius 3 is 2.06 bits per heavy atom. The predicted molar refractivity (Wildman–Crippen MR) is 71.8 cm³/mol. The smallest absolute Gasteiger partial charge is 0.225 e. The van der Waals surface area contributed by atoms with Gasteiger partial charge in [-0.25, -0.2) is 0 Å². The summed E-state index contributed by atoms with van der Waals surface area (Å²) in [6, 6.07) is 17.5. The van der Waals surface area contributed by atoms with Crippen LogP contribution in [0.15, 0.2) is 54.6 Å². The average molecular weight is 234 g/mol. The van der Waals surface area contributed by atoms with Crippen LogP contribution in [-0.4, -0.2) is 12.1 Å². The fourth-order valence-electron chi connectivity index (χ4n) is 2.16. The first-order valence-corrected chi connectivity index (χ1v) is 5.70. The quantitative estimate of drug-likeness (QED) is 0.295. The molecule has 0 aliphatic carbocycles. The molecule has 0 amide bonds. The summed E-state index contributed by atoms with van der Waals surface area (Å²) in [5.41, 5.74) is 0.438. The number of carbonyl (C=O) groups is 2. The van der Waals surface area contributed by atoms with Gasteiger partial charge in [-0.15, -0.1) is 0 Å². The number of carbonyl (C=O) groups excluding carboxylic acids is 2. The van der Waals surface area contributed by atoms with E-state index in [1.165, 1.54) is 5.39 Å². The van der Waals surface area contributed by atoms with Gasteiger partial charge in [-0.3, -0.25) is 9.59 Å². The van der Waals surface area contributed by atoms with Crippen LogP contribution in [0.5, 0.6) is 0 Å². The Labute approximate surface area is 104 Å². The summed E-state index contributed by atoms with van der Waals surface area (Å²) >= 11 is 0. The minimum Gasteiger partial charge on any atom is -0.294 e. The second kappa shape index (κ2) is 4.08. The topological polar surface area (TPSA) is 34.1 Å². The van der Waals surface area contributed by atoms with E-state index in [0.717, 1.165) is 16.2 Å². The molecular weight excluding hydrogens is 224 g/mol. The third kappa shape index (κ3) is 1.68. The van der Waals surface area contributed by atoms with Crippen molar-refractivity contribution in [3.8, 4) is 0 Å². The van der Waals surface area contributed by atoms with Crippen LogP contribution in [0.25, 0.3) is 21.5 Å². The Hall–Kier alpha value is -2.48. The average Bonchev–Trinajstić information content (AvgIpc) is 2.43. The van der Waals surface area contributed by atoms with Gasteiger partial charge in [0.2, 0.25) is 5.78 Å². The van der Waals surface area contributed by atoms with E-state index in [-0.39, 0.29) is 0 Å². The van der Waals surface area contributed by atoms with E-state index >= 15 is 0 Å². The zero-order valence-corrected chi connectivity index (χ0v) is 9.59. The van der Waals surface area contributed by atoms with E-state index in [0.29, 0.717) is 11.8 Å². The summed E-state index contributed by atoms with van der Waals surface area (Å²) in [4.78, 5) is 21.9. The molecule has 2 nitrogen and oxygen atoms in total. The second-order valence-corrected chi connectivity index (χ2v) is 4.24. The summed E-state index contributed by atoms with van der Waals surface area (Å²) in [5.74, 6) is -0.481. The molecule has 0 heterocycles. The fourth-order valence-corrected chi connectivity index (χ4v) is 2.16. The summed E-state index contributed by atoms with van der Waals surface area (Å²) in [6.07, 6.45) is 0.349. The van der Waals surface area contributed by atoms with E-state index in [4.69, 9.17) is 0 Å². The van der Waals surface area contributed by atoms with Gasteiger partial charge in [0.1, 0.15) is 0 Å². The molecule has 3 aromatic carbocycles. The highest BCUT2D eigenvalue weighted by Crippen LogP contribution is 2.23. The van der Waals surface area contributed by atoms with Crippen molar-refractivity contribution in [1.29, 1.82) is 0 Å². The SMILES string of the molecule is O=CC(=O)c1ccc2cc3ccccc3cc2c1. The van der Waals surface area contributed by atoms with Gasteiger partial charge in [-0.2, -0.15) is 0 Å². The van der Waals surface area contributed by atoms with Crippen molar-refractivity contribution < 1.29 is 9.59 Å². The summed E-state index contributed by atoms with van der Waals surface area (Å²) in [6.45, 7) is 0. The number of hydrogen-bond acceptors (Lipinski definition) is 2. The zero-order chi connectivity index (χ0) is 12.5. The van der Waals surface area contributed by atoms with Crippen molar-refractivity contribution in [3.05, 3.63) is 60.2 Å². The van der Waals surface area contributed by atoms with Crippen molar-refractivity contribution in [1.82, 2.24) is 0 Å². The molecule has 2 heteroatoms. The van der Waals surface area contributed by atoms with Gasteiger partial charge < -0.3 is 0 Å². The highest BCUT2D eigenvalue weighted by molar-refractivity contribution is 6.33. The van der Waals surface area contributed by atoms with Gasteiger partial charge in [0.05, 0.1) is 0 Å². The molecule has 0 atom stereocenters. The van der Waals surface area contributed by atoms with Gasteiger partial charge in [0, 0.05) is 5.56 Å². The molecule has 0 N–H and O–H groups in total. The van der Waals surface area contributed by atoms with Gasteiger partial charge in [-0.1, -0.05) is 36.4 Å². The summed E-state index contributed by atoms with van der Waals surface area (Å²) in [5, 5.41) is 4.33. The van der Waals surface area contributed by atoms with Gasteiger partial charge >= 0.3 is 0 Å². The lowest BCUT2D eigenvalue weighted by Gasteiger charge is -2.03. The molecule has 0 unspecified atom stereocenters. The van der Waals surface area contributed by atoms with Crippen LogP contribution in [0.2, 0.25) is 0 Å². The van der Waals surface area contributed by atoms with E-state index in [2.05, 4.69) is 12.1 Å². The van der Waals surface area contributed by atoms with Crippen LogP contribution < -0.4 is 0 Å². The van der Waals surface area contributed by atoms with E-state index in [1.807, 2.05) is 30.3 Å². The Bertz CT molecular complexity index is 772. The van der Waals surface area contributed by atoms with Crippen LogP contribution in [0.4, 0.5) is 0 Å². The number of aldehydes is 1. The molecule has 0 saturated carbocycles. The number of hydrogen-bond donors (Lipinski definition) is 0. The molecule has 0 fully saturated rings. The molecule has 3 aromatic rings. The predicted octanol–water partition coefficient (Wildman–Crippen LogP) is 3.37. The first kappa shape index (κ1) is 10.7. The highest BCUT2D eigenvalue weighted by Gasteiger charge is 2.05. The lowest BCUT2D eigenvalue weighted by atomic mass is 10.0. The molecule has 0 spiro atoms. The largest absolute Gasteiger partial charge is 0.294 e. The first-order chi connectivity index (χ1) is 8.78. The van der Waals surface area contributed by atoms with Crippen molar-refractivity contribution in [2.75, 3.05) is 0 Å². The molecule has 0 radical (unpaired) electrons. The Morgan fingerprint density at radius 1 is 0.778 bits per heavy atom. The lowest BCUT2D eigenvalue weighted by Crippen LogP contribution is -1.98. The van der Waals surface area contributed by atoms with Crippen molar-refractivity contribution >= 4 is 33.6 Å². The van der Waals surface area contributed by atoms with Gasteiger partial charge in [0.25, 0.3) is 0 Å². The molecular formula is C16H10O2. The van der Waals surface area contributed by atoms with Gasteiger partial charge in [0.15, 0.2) is 6.29 Å². The lowest BCUT2D eigenvalue weighted by molar-refractivity contribution is -0.104. The van der Waals surface area contributed by atoms with Crippen LogP contribution in [0.3, 0.4) is 0 Å². The van der Waals surface area contributed by atoms with E-state index in [1.54, 1.807) is 12.1 Å². The van der Waals surface area contributed by atoms with Crippen LogP contribution in [0, 0.1) is 0 Å². The number of fused-ring (bicyclic) bond motifs is 2. The minimum absolute atomic E-state index is 0.349. The first-order valence-electron chi connectivity index (χ1n) is 5.70. The fraction of sp³-hybridized carbons (Fsp3) is 0. The van der Waals surface area contributed by atoms with Gasteiger partial charge in [-0.05, 0) is 39.7 Å². The van der Waals surface area contributed by atoms with Crippen molar-refractivity contribution in [2.45, 2.75) is 0 Å².